The van der Waals surface area contributed by atoms with Crippen molar-refractivity contribution in [3.05, 3.63) is 24.3 Å². The maximum atomic E-state index is 11.7. The van der Waals surface area contributed by atoms with Crippen LogP contribution in [-0.2, 0) is 32.7 Å². The van der Waals surface area contributed by atoms with E-state index in [1.807, 2.05) is 0 Å². The smallest absolute Gasteiger partial charge is 0.461 e. The fourth-order valence-corrected chi connectivity index (χ4v) is 2.17. The van der Waals surface area contributed by atoms with Crippen LogP contribution in [0, 0.1) is 0 Å². The minimum atomic E-state index is -4.33. The molecule has 0 aliphatic carbocycles. The molecule has 0 saturated heterocycles. The molecular weight excluding hydrogens is 353 g/mol. The molecule has 0 heterocycles. The van der Waals surface area contributed by atoms with Crippen LogP contribution in [0.25, 0.3) is 0 Å². The van der Waals surface area contributed by atoms with Gasteiger partial charge in [-0.2, -0.15) is 0 Å². The summed E-state index contributed by atoms with van der Waals surface area (Å²) in [6.45, 7) is 2.59. The van der Waals surface area contributed by atoms with Crippen molar-refractivity contribution in [2.75, 3.05) is 26.4 Å². The zero-order valence-corrected chi connectivity index (χ0v) is 15.4. The van der Waals surface area contributed by atoms with Gasteiger partial charge in [-0.1, -0.05) is 24.3 Å². The maximum Gasteiger partial charge on any atom is 0.472 e. The van der Waals surface area contributed by atoms with Crippen LogP contribution in [0.4, 0.5) is 0 Å². The first kappa shape index (κ1) is 23.5. The van der Waals surface area contributed by atoms with Gasteiger partial charge in [0.25, 0.3) is 0 Å². The second-order valence-electron chi connectivity index (χ2n) is 4.73. The van der Waals surface area contributed by atoms with E-state index in [0.29, 0.717) is 0 Å². The Morgan fingerprint density at radius 1 is 1.08 bits per heavy atom. The van der Waals surface area contributed by atoms with Crippen molar-refractivity contribution in [3.8, 4) is 0 Å². The lowest BCUT2D eigenvalue weighted by atomic mass is 10.3. The van der Waals surface area contributed by atoms with E-state index in [-0.39, 0.29) is 32.6 Å². The van der Waals surface area contributed by atoms with Crippen molar-refractivity contribution in [2.24, 2.45) is 5.73 Å². The number of nitrogens with two attached hydrogens (primary N) is 1. The summed E-state index contributed by atoms with van der Waals surface area (Å²) in [7, 11) is -4.33. The highest BCUT2D eigenvalue weighted by molar-refractivity contribution is 7.47. The Balaban J connectivity index is 4.62. The summed E-state index contributed by atoms with van der Waals surface area (Å²) in [5.41, 5.74) is 5.17. The van der Waals surface area contributed by atoms with E-state index in [0.717, 1.165) is 0 Å². The van der Waals surface area contributed by atoms with Gasteiger partial charge in [0.2, 0.25) is 0 Å². The first-order valence-electron chi connectivity index (χ1n) is 7.74. The molecule has 0 saturated carbocycles. The molecule has 0 spiro atoms. The number of carbonyl (C=O) groups excluding carboxylic acids is 2. The van der Waals surface area contributed by atoms with Gasteiger partial charge in [-0.3, -0.25) is 18.6 Å². The molecule has 0 aromatic heterocycles. The Morgan fingerprint density at radius 3 is 2.24 bits per heavy atom. The van der Waals surface area contributed by atoms with Gasteiger partial charge in [-0.15, -0.1) is 0 Å². The SMILES string of the molecule is C/C=C\CC(=O)OCC(COP(=O)(O)OCCN)OC(=O)C/C=C\C. The predicted octanol–water partition coefficient (Wildman–Crippen LogP) is 1.47. The van der Waals surface area contributed by atoms with Crippen molar-refractivity contribution in [3.63, 3.8) is 0 Å². The van der Waals surface area contributed by atoms with Gasteiger partial charge in [0.1, 0.15) is 6.61 Å². The highest BCUT2D eigenvalue weighted by atomic mass is 31.2. The number of hydrogen-bond acceptors (Lipinski definition) is 8. The summed E-state index contributed by atoms with van der Waals surface area (Å²) in [6.07, 6.45) is 5.58. The molecular formula is C15H26NO8P. The van der Waals surface area contributed by atoms with E-state index >= 15 is 0 Å². The lowest BCUT2D eigenvalue weighted by Gasteiger charge is -2.19. The third kappa shape index (κ3) is 13.5. The normalized spacial score (nSPS) is 15.2. The van der Waals surface area contributed by atoms with Gasteiger partial charge in [0, 0.05) is 6.54 Å². The number of allylic oxidation sites excluding steroid dienone is 2. The van der Waals surface area contributed by atoms with Gasteiger partial charge >= 0.3 is 19.8 Å². The lowest BCUT2D eigenvalue weighted by molar-refractivity contribution is -0.160. The number of rotatable bonds is 13. The highest BCUT2D eigenvalue weighted by Crippen LogP contribution is 2.43. The molecule has 3 N–H and O–H groups in total. The van der Waals surface area contributed by atoms with Gasteiger partial charge < -0.3 is 20.1 Å². The average Bonchev–Trinajstić information content (AvgIpc) is 2.58. The summed E-state index contributed by atoms with van der Waals surface area (Å²) in [5, 5.41) is 0. The third-order valence-corrected chi connectivity index (χ3v) is 3.55. The van der Waals surface area contributed by atoms with E-state index in [9.17, 15) is 19.0 Å². The first-order valence-corrected chi connectivity index (χ1v) is 9.23. The number of ether oxygens (including phenoxy) is 2. The molecule has 2 unspecified atom stereocenters. The topological polar surface area (TPSA) is 134 Å². The molecule has 0 amide bonds. The van der Waals surface area contributed by atoms with Crippen LogP contribution in [0.15, 0.2) is 24.3 Å². The van der Waals surface area contributed by atoms with E-state index in [1.165, 1.54) is 0 Å². The number of phosphoric ester groups is 1. The fourth-order valence-electron chi connectivity index (χ4n) is 1.41. The second kappa shape index (κ2) is 13.7. The van der Waals surface area contributed by atoms with Crippen molar-refractivity contribution >= 4 is 19.8 Å². The van der Waals surface area contributed by atoms with E-state index in [4.69, 9.17) is 19.7 Å². The van der Waals surface area contributed by atoms with Crippen LogP contribution in [-0.4, -0.2) is 49.3 Å². The second-order valence-corrected chi connectivity index (χ2v) is 6.18. The van der Waals surface area contributed by atoms with Crippen LogP contribution in [0.1, 0.15) is 26.7 Å². The van der Waals surface area contributed by atoms with Crippen LogP contribution in [0.2, 0.25) is 0 Å². The Morgan fingerprint density at radius 2 is 1.68 bits per heavy atom. The molecule has 0 rings (SSSR count). The van der Waals surface area contributed by atoms with Gasteiger partial charge in [-0.05, 0) is 13.8 Å². The van der Waals surface area contributed by atoms with Crippen LogP contribution >= 0.6 is 7.82 Å². The van der Waals surface area contributed by atoms with Crippen molar-refractivity contribution in [1.29, 1.82) is 0 Å². The van der Waals surface area contributed by atoms with Gasteiger partial charge in [0.05, 0.1) is 26.1 Å². The molecule has 144 valence electrons. The van der Waals surface area contributed by atoms with Crippen LogP contribution in [0.5, 0.6) is 0 Å². The molecule has 10 heteroatoms. The third-order valence-electron chi connectivity index (χ3n) is 2.56. The van der Waals surface area contributed by atoms with Gasteiger partial charge in [-0.25, -0.2) is 4.57 Å². The standard InChI is InChI=1S/C15H26NO8P/c1-3-5-7-14(17)21-11-13(24-15(18)8-6-4-2)12-23-25(19,20)22-10-9-16/h3-6,13H,7-12,16H2,1-2H3,(H,19,20)/b5-3-,6-4-. The van der Waals surface area contributed by atoms with Gasteiger partial charge in [0.15, 0.2) is 6.10 Å². The Labute approximate surface area is 147 Å². The average molecular weight is 379 g/mol. The Bertz CT molecular complexity index is 506. The molecule has 0 aliphatic heterocycles. The number of phosphoric acid groups is 1. The van der Waals surface area contributed by atoms with Crippen LogP contribution in [0.3, 0.4) is 0 Å². The summed E-state index contributed by atoms with van der Waals surface area (Å²) >= 11 is 0. The van der Waals surface area contributed by atoms with E-state index in [1.54, 1.807) is 38.2 Å². The zero-order chi connectivity index (χ0) is 19.1. The number of carbonyl (C=O) groups is 2. The maximum absolute atomic E-state index is 11.7. The summed E-state index contributed by atoms with van der Waals surface area (Å²) in [6, 6.07) is 0. The van der Waals surface area contributed by atoms with E-state index < -0.39 is 32.5 Å². The highest BCUT2D eigenvalue weighted by Gasteiger charge is 2.25. The lowest BCUT2D eigenvalue weighted by Crippen LogP contribution is -2.29. The summed E-state index contributed by atoms with van der Waals surface area (Å²) in [4.78, 5) is 32.6. The Kier molecular flexibility index (Phi) is 12.9. The molecule has 2 atom stereocenters. The predicted molar refractivity (Wildman–Crippen MR) is 90.5 cm³/mol. The molecule has 0 bridgehead atoms. The molecule has 25 heavy (non-hydrogen) atoms. The van der Waals surface area contributed by atoms with Crippen molar-refractivity contribution in [1.82, 2.24) is 0 Å². The summed E-state index contributed by atoms with van der Waals surface area (Å²) < 4.78 is 31.0. The fraction of sp³-hybridized carbons (Fsp3) is 0.600. The minimum absolute atomic E-state index is 0.0139. The van der Waals surface area contributed by atoms with Crippen LogP contribution < -0.4 is 5.73 Å². The quantitative estimate of drug-likeness (QED) is 0.277. The first-order chi connectivity index (χ1) is 11.8. The largest absolute Gasteiger partial charge is 0.472 e. The van der Waals surface area contributed by atoms with E-state index in [2.05, 4.69) is 4.52 Å². The minimum Gasteiger partial charge on any atom is -0.461 e. The zero-order valence-electron chi connectivity index (χ0n) is 14.5. The van der Waals surface area contributed by atoms with Crippen molar-refractivity contribution < 1.29 is 37.6 Å². The molecule has 9 nitrogen and oxygen atoms in total. The molecule has 0 aromatic rings. The molecule has 0 fully saturated rings. The molecule has 0 aliphatic rings. The van der Waals surface area contributed by atoms with Crippen molar-refractivity contribution in [2.45, 2.75) is 32.8 Å². The summed E-state index contributed by atoms with van der Waals surface area (Å²) in [5.74, 6) is -1.12. The monoisotopic (exact) mass is 379 g/mol. The molecule has 0 radical (unpaired) electrons. The number of esters is 2. The Hall–Kier alpha value is -1.51. The number of hydrogen-bond donors (Lipinski definition) is 2. The molecule has 0 aromatic carbocycles.